The van der Waals surface area contributed by atoms with E-state index in [0.29, 0.717) is 25.8 Å². The summed E-state index contributed by atoms with van der Waals surface area (Å²) in [6, 6.07) is 12.5. The van der Waals surface area contributed by atoms with Crippen LogP contribution in [0.4, 0.5) is 0 Å². The average Bonchev–Trinajstić information content (AvgIpc) is 2.69. The van der Waals surface area contributed by atoms with Gasteiger partial charge in [-0.15, -0.1) is 0 Å². The van der Waals surface area contributed by atoms with Crippen LogP contribution >= 0.6 is 0 Å². The van der Waals surface area contributed by atoms with Crippen LogP contribution in [0.2, 0.25) is 0 Å². The van der Waals surface area contributed by atoms with Gasteiger partial charge in [-0.05, 0) is 29.2 Å². The zero-order valence-corrected chi connectivity index (χ0v) is 16.0. The van der Waals surface area contributed by atoms with E-state index in [4.69, 9.17) is 17.2 Å². The molecule has 0 bridgehead atoms. The molecule has 150 valence electrons. The normalized spacial score (nSPS) is 12.8. The first-order valence-corrected chi connectivity index (χ1v) is 9.21. The van der Waals surface area contributed by atoms with Crippen LogP contribution in [0, 0.1) is 0 Å². The van der Waals surface area contributed by atoms with Crippen molar-refractivity contribution in [1.29, 1.82) is 0 Å². The third kappa shape index (κ3) is 6.24. The van der Waals surface area contributed by atoms with Gasteiger partial charge in [0.05, 0.1) is 6.04 Å². The minimum absolute atomic E-state index is 0.00749. The lowest BCUT2D eigenvalue weighted by molar-refractivity contribution is -0.129. The van der Waals surface area contributed by atoms with Crippen molar-refractivity contribution in [3.8, 4) is 0 Å². The van der Waals surface area contributed by atoms with Crippen molar-refractivity contribution in [3.63, 3.8) is 0 Å². The second-order valence-corrected chi connectivity index (χ2v) is 6.62. The Morgan fingerprint density at radius 2 is 1.79 bits per heavy atom. The number of carbonyl (C=O) groups is 2. The summed E-state index contributed by atoms with van der Waals surface area (Å²) in [6.45, 7) is 0.402. The number of guanidine groups is 1. The van der Waals surface area contributed by atoms with Crippen LogP contribution in [0.25, 0.3) is 10.8 Å². The first kappa shape index (κ1) is 21.2. The molecular formula is C20H28N6O2. The number of nitrogens with zero attached hydrogens (tertiary/aromatic N) is 1. The van der Waals surface area contributed by atoms with Gasteiger partial charge in [0.15, 0.2) is 5.96 Å². The Hall–Kier alpha value is -3.13. The molecule has 2 aromatic carbocycles. The van der Waals surface area contributed by atoms with Crippen molar-refractivity contribution in [2.45, 2.75) is 31.3 Å². The fourth-order valence-corrected chi connectivity index (χ4v) is 2.91. The van der Waals surface area contributed by atoms with Crippen LogP contribution in [-0.4, -0.2) is 43.5 Å². The number of fused-ring (bicyclic) bond motifs is 1. The van der Waals surface area contributed by atoms with E-state index >= 15 is 0 Å². The van der Waals surface area contributed by atoms with Gasteiger partial charge in [-0.25, -0.2) is 0 Å². The summed E-state index contributed by atoms with van der Waals surface area (Å²) in [7, 11) is 1.54. The zero-order valence-electron chi connectivity index (χ0n) is 16.0. The Morgan fingerprint density at radius 3 is 2.46 bits per heavy atom. The lowest BCUT2D eigenvalue weighted by Crippen LogP contribution is -2.52. The second-order valence-electron chi connectivity index (χ2n) is 6.62. The Labute approximate surface area is 164 Å². The molecule has 0 fully saturated rings. The fraction of sp³-hybridized carbons (Fsp3) is 0.350. The van der Waals surface area contributed by atoms with E-state index in [1.165, 1.54) is 7.05 Å². The summed E-state index contributed by atoms with van der Waals surface area (Å²) >= 11 is 0. The van der Waals surface area contributed by atoms with Crippen molar-refractivity contribution in [2.24, 2.45) is 22.2 Å². The van der Waals surface area contributed by atoms with Gasteiger partial charge in [0.2, 0.25) is 11.8 Å². The van der Waals surface area contributed by atoms with Crippen molar-refractivity contribution >= 4 is 28.5 Å². The first-order valence-electron chi connectivity index (χ1n) is 9.21. The van der Waals surface area contributed by atoms with Crippen LogP contribution < -0.4 is 27.8 Å². The molecule has 8 heteroatoms. The summed E-state index contributed by atoms with van der Waals surface area (Å²) in [6.07, 6.45) is 1.36. The monoisotopic (exact) mass is 384 g/mol. The van der Waals surface area contributed by atoms with Crippen molar-refractivity contribution in [3.05, 3.63) is 48.0 Å². The van der Waals surface area contributed by atoms with Gasteiger partial charge < -0.3 is 27.8 Å². The topological polar surface area (TPSA) is 149 Å². The molecule has 2 rings (SSSR count). The molecule has 0 saturated carbocycles. The SMILES string of the molecule is CNC(=O)[C@H](Cc1ccc2ccccc2c1)NC(=O)[C@H](N)CCCN=C(N)N. The highest BCUT2D eigenvalue weighted by molar-refractivity contribution is 5.90. The molecule has 0 spiro atoms. The number of likely N-dealkylation sites (N-methyl/N-ethyl adjacent to an activating group) is 1. The summed E-state index contributed by atoms with van der Waals surface area (Å²) in [5.74, 6) is -0.638. The third-order valence-electron chi connectivity index (χ3n) is 4.44. The van der Waals surface area contributed by atoms with Crippen LogP contribution in [0.3, 0.4) is 0 Å². The Morgan fingerprint density at radius 1 is 1.07 bits per heavy atom. The number of rotatable bonds is 9. The van der Waals surface area contributed by atoms with E-state index in [2.05, 4.69) is 15.6 Å². The smallest absolute Gasteiger partial charge is 0.242 e. The van der Waals surface area contributed by atoms with E-state index in [1.54, 1.807) is 0 Å². The maximum Gasteiger partial charge on any atom is 0.242 e. The van der Waals surface area contributed by atoms with Crippen LogP contribution in [-0.2, 0) is 16.0 Å². The van der Waals surface area contributed by atoms with E-state index in [9.17, 15) is 9.59 Å². The number of aliphatic imine (C=N–C) groups is 1. The molecule has 0 aromatic heterocycles. The number of amides is 2. The molecule has 0 saturated heterocycles. The number of nitrogens with one attached hydrogen (secondary N) is 2. The molecule has 0 aliphatic rings. The maximum absolute atomic E-state index is 12.4. The van der Waals surface area contributed by atoms with Gasteiger partial charge in [0.25, 0.3) is 0 Å². The maximum atomic E-state index is 12.4. The highest BCUT2D eigenvalue weighted by Gasteiger charge is 2.23. The van der Waals surface area contributed by atoms with Crippen LogP contribution in [0.1, 0.15) is 18.4 Å². The molecular weight excluding hydrogens is 356 g/mol. The summed E-state index contributed by atoms with van der Waals surface area (Å²) in [4.78, 5) is 28.5. The molecule has 0 unspecified atom stereocenters. The number of hydrogen-bond donors (Lipinski definition) is 5. The van der Waals surface area contributed by atoms with Crippen LogP contribution in [0.5, 0.6) is 0 Å². The first-order chi connectivity index (χ1) is 13.4. The minimum atomic E-state index is -0.738. The van der Waals surface area contributed by atoms with E-state index in [-0.39, 0.29) is 17.8 Å². The van der Waals surface area contributed by atoms with Gasteiger partial charge in [-0.3, -0.25) is 14.6 Å². The van der Waals surface area contributed by atoms with Crippen molar-refractivity contribution < 1.29 is 9.59 Å². The Kier molecular flexibility index (Phi) is 7.76. The predicted octanol–water partition coefficient (Wildman–Crippen LogP) is -0.00600. The quantitative estimate of drug-likeness (QED) is 0.234. The molecule has 8 N–H and O–H groups in total. The van der Waals surface area contributed by atoms with Crippen molar-refractivity contribution in [2.75, 3.05) is 13.6 Å². The third-order valence-corrected chi connectivity index (χ3v) is 4.44. The van der Waals surface area contributed by atoms with Gasteiger partial charge in [-0.2, -0.15) is 0 Å². The van der Waals surface area contributed by atoms with Crippen molar-refractivity contribution in [1.82, 2.24) is 10.6 Å². The van der Waals surface area contributed by atoms with Gasteiger partial charge in [0.1, 0.15) is 6.04 Å². The lowest BCUT2D eigenvalue weighted by Gasteiger charge is -2.20. The van der Waals surface area contributed by atoms with Gasteiger partial charge in [0, 0.05) is 20.0 Å². The molecule has 0 aliphatic carbocycles. The molecule has 2 amide bonds. The van der Waals surface area contributed by atoms with E-state index in [1.807, 2.05) is 42.5 Å². The molecule has 28 heavy (non-hydrogen) atoms. The number of nitrogens with two attached hydrogens (primary N) is 3. The summed E-state index contributed by atoms with van der Waals surface area (Å²) < 4.78 is 0. The predicted molar refractivity (Wildman–Crippen MR) is 112 cm³/mol. The minimum Gasteiger partial charge on any atom is -0.370 e. The molecule has 0 heterocycles. The van der Waals surface area contributed by atoms with Gasteiger partial charge in [-0.1, -0.05) is 42.5 Å². The lowest BCUT2D eigenvalue weighted by atomic mass is 10.0. The number of hydrogen-bond acceptors (Lipinski definition) is 4. The molecule has 8 nitrogen and oxygen atoms in total. The fourth-order valence-electron chi connectivity index (χ4n) is 2.91. The molecule has 0 aliphatic heterocycles. The largest absolute Gasteiger partial charge is 0.370 e. The highest BCUT2D eigenvalue weighted by Crippen LogP contribution is 2.17. The molecule has 0 radical (unpaired) electrons. The summed E-state index contributed by atoms with van der Waals surface area (Å²) in [5, 5.41) is 7.55. The van der Waals surface area contributed by atoms with E-state index < -0.39 is 12.1 Å². The van der Waals surface area contributed by atoms with Gasteiger partial charge >= 0.3 is 0 Å². The number of benzene rings is 2. The van der Waals surface area contributed by atoms with Crippen LogP contribution in [0.15, 0.2) is 47.5 Å². The Bertz CT molecular complexity index is 847. The summed E-state index contributed by atoms with van der Waals surface area (Å²) in [5.41, 5.74) is 17.4. The standard InChI is InChI=1S/C20H28N6O2/c1-24-19(28)17(26-18(27)16(21)7-4-10-25-20(22)23)12-13-8-9-14-5-2-3-6-15(14)11-13/h2-3,5-6,8-9,11,16-17H,4,7,10,12,21H2,1H3,(H,24,28)(H,26,27)(H4,22,23,25)/t16-,17+/m1/s1. The average molecular weight is 384 g/mol. The zero-order chi connectivity index (χ0) is 20.5. The number of carbonyl (C=O) groups excluding carboxylic acids is 2. The highest BCUT2D eigenvalue weighted by atomic mass is 16.2. The second kappa shape index (κ2) is 10.3. The Balaban J connectivity index is 2.01. The molecule has 2 atom stereocenters. The van der Waals surface area contributed by atoms with E-state index in [0.717, 1.165) is 16.3 Å². The molecule has 2 aromatic rings.